The third kappa shape index (κ3) is 4.21. The van der Waals surface area contributed by atoms with E-state index in [-0.39, 0.29) is 5.91 Å². The first kappa shape index (κ1) is 20.4. The SMILES string of the molecule is CC[C@@H](C)c1ccccc1NC(=O)[C@H](C)OC(=O)c1sc2ccccc2c1Cl. The predicted octanol–water partition coefficient (Wildman–Crippen LogP) is 6.25. The minimum atomic E-state index is -0.946. The van der Waals surface area contributed by atoms with E-state index in [1.165, 1.54) is 11.3 Å². The second kappa shape index (κ2) is 8.76. The summed E-state index contributed by atoms with van der Waals surface area (Å²) in [6.07, 6.45) is 0.0146. The van der Waals surface area contributed by atoms with Gasteiger partial charge in [0.05, 0.1) is 5.02 Å². The maximum absolute atomic E-state index is 12.6. The highest BCUT2D eigenvalue weighted by atomic mass is 35.5. The minimum Gasteiger partial charge on any atom is -0.448 e. The van der Waals surface area contributed by atoms with Crippen LogP contribution in [0.25, 0.3) is 10.1 Å². The van der Waals surface area contributed by atoms with Gasteiger partial charge in [-0.25, -0.2) is 4.79 Å². The maximum atomic E-state index is 12.6. The number of anilines is 1. The standard InChI is InChI=1S/C22H22ClNO3S/c1-4-13(2)15-9-5-7-11-17(15)24-21(25)14(3)27-22(26)20-19(23)16-10-6-8-12-18(16)28-20/h5-14H,4H2,1-3H3,(H,24,25)/t13-,14+/m1/s1. The summed E-state index contributed by atoms with van der Waals surface area (Å²) in [6.45, 7) is 5.76. The van der Waals surface area contributed by atoms with Crippen molar-refractivity contribution in [2.75, 3.05) is 5.32 Å². The van der Waals surface area contributed by atoms with Gasteiger partial charge in [0.1, 0.15) is 4.88 Å². The van der Waals surface area contributed by atoms with E-state index in [2.05, 4.69) is 19.2 Å². The van der Waals surface area contributed by atoms with Gasteiger partial charge in [-0.3, -0.25) is 4.79 Å². The number of carbonyl (C=O) groups excluding carboxylic acids is 2. The molecule has 1 amide bonds. The predicted molar refractivity (Wildman–Crippen MR) is 115 cm³/mol. The molecule has 2 atom stereocenters. The van der Waals surface area contributed by atoms with Crippen molar-refractivity contribution < 1.29 is 14.3 Å². The topological polar surface area (TPSA) is 55.4 Å². The molecule has 0 saturated heterocycles. The molecule has 1 heterocycles. The van der Waals surface area contributed by atoms with Gasteiger partial charge < -0.3 is 10.1 Å². The summed E-state index contributed by atoms with van der Waals surface area (Å²) in [4.78, 5) is 25.4. The largest absolute Gasteiger partial charge is 0.448 e. The molecule has 4 nitrogen and oxygen atoms in total. The fourth-order valence-corrected chi connectivity index (χ4v) is 4.30. The van der Waals surface area contributed by atoms with Crippen LogP contribution in [0.4, 0.5) is 5.69 Å². The van der Waals surface area contributed by atoms with Gasteiger partial charge in [-0.15, -0.1) is 11.3 Å². The molecule has 0 bridgehead atoms. The van der Waals surface area contributed by atoms with Gasteiger partial charge in [-0.05, 0) is 37.0 Å². The monoisotopic (exact) mass is 415 g/mol. The van der Waals surface area contributed by atoms with Crippen molar-refractivity contribution in [2.24, 2.45) is 0 Å². The molecule has 3 aromatic rings. The normalized spacial score (nSPS) is 13.1. The number of esters is 1. The van der Waals surface area contributed by atoms with Gasteiger partial charge in [0.15, 0.2) is 6.10 Å². The molecule has 0 saturated carbocycles. The van der Waals surface area contributed by atoms with E-state index < -0.39 is 12.1 Å². The van der Waals surface area contributed by atoms with E-state index >= 15 is 0 Å². The van der Waals surface area contributed by atoms with E-state index in [4.69, 9.17) is 16.3 Å². The van der Waals surface area contributed by atoms with Crippen molar-refractivity contribution in [3.63, 3.8) is 0 Å². The van der Waals surface area contributed by atoms with Gasteiger partial charge in [-0.1, -0.05) is 61.8 Å². The minimum absolute atomic E-state index is 0.308. The van der Waals surface area contributed by atoms with E-state index in [0.29, 0.717) is 15.8 Å². The molecule has 0 radical (unpaired) electrons. The first-order chi connectivity index (χ1) is 13.4. The Labute approximate surface area is 173 Å². The van der Waals surface area contributed by atoms with Crippen molar-refractivity contribution in [3.05, 3.63) is 64.0 Å². The Hall–Kier alpha value is -2.37. The van der Waals surface area contributed by atoms with Gasteiger partial charge in [0.25, 0.3) is 5.91 Å². The molecule has 0 aliphatic carbocycles. The summed E-state index contributed by atoms with van der Waals surface area (Å²) in [6, 6.07) is 15.2. The molecule has 1 N–H and O–H groups in total. The van der Waals surface area contributed by atoms with Crippen molar-refractivity contribution in [3.8, 4) is 0 Å². The number of halogens is 1. The lowest BCUT2D eigenvalue weighted by Gasteiger charge is -2.18. The second-order valence-electron chi connectivity index (χ2n) is 6.67. The van der Waals surface area contributed by atoms with Crippen LogP contribution in [0.2, 0.25) is 5.02 Å². The van der Waals surface area contributed by atoms with E-state index in [0.717, 1.165) is 27.8 Å². The highest BCUT2D eigenvalue weighted by molar-refractivity contribution is 7.21. The average molecular weight is 416 g/mol. The lowest BCUT2D eigenvalue weighted by molar-refractivity contribution is -0.123. The molecule has 0 aliphatic heterocycles. The molecule has 3 rings (SSSR count). The second-order valence-corrected chi connectivity index (χ2v) is 8.10. The lowest BCUT2D eigenvalue weighted by atomic mass is 9.97. The number of fused-ring (bicyclic) bond motifs is 1. The van der Waals surface area contributed by atoms with Gasteiger partial charge >= 0.3 is 5.97 Å². The van der Waals surface area contributed by atoms with Crippen LogP contribution in [-0.2, 0) is 9.53 Å². The molecule has 0 fully saturated rings. The van der Waals surface area contributed by atoms with Gasteiger partial charge in [0.2, 0.25) is 0 Å². The number of hydrogen-bond acceptors (Lipinski definition) is 4. The molecule has 0 unspecified atom stereocenters. The number of thiophene rings is 1. The van der Waals surface area contributed by atoms with Gasteiger partial charge in [0, 0.05) is 15.8 Å². The van der Waals surface area contributed by atoms with Crippen LogP contribution in [0.1, 0.15) is 48.3 Å². The van der Waals surface area contributed by atoms with Crippen LogP contribution in [-0.4, -0.2) is 18.0 Å². The summed E-state index contributed by atoms with van der Waals surface area (Å²) in [7, 11) is 0. The number of amides is 1. The zero-order valence-corrected chi connectivity index (χ0v) is 17.6. The van der Waals surface area contributed by atoms with Gasteiger partial charge in [-0.2, -0.15) is 0 Å². The van der Waals surface area contributed by atoms with Crippen molar-refractivity contribution in [1.82, 2.24) is 0 Å². The molecule has 0 spiro atoms. The van der Waals surface area contributed by atoms with Crippen LogP contribution in [0.3, 0.4) is 0 Å². The van der Waals surface area contributed by atoms with E-state index in [1.54, 1.807) is 6.92 Å². The number of para-hydroxylation sites is 1. The third-order valence-electron chi connectivity index (χ3n) is 4.74. The fraction of sp³-hybridized carbons (Fsp3) is 0.273. The lowest BCUT2D eigenvalue weighted by Crippen LogP contribution is -2.30. The van der Waals surface area contributed by atoms with Crippen molar-refractivity contribution in [2.45, 2.75) is 39.2 Å². The summed E-state index contributed by atoms with van der Waals surface area (Å²) < 4.78 is 6.28. The Bertz CT molecular complexity index is 1010. The summed E-state index contributed by atoms with van der Waals surface area (Å²) in [5, 5.41) is 4.05. The number of ether oxygens (including phenoxy) is 1. The Morgan fingerprint density at radius 2 is 1.79 bits per heavy atom. The zero-order valence-electron chi connectivity index (χ0n) is 16.0. The first-order valence-electron chi connectivity index (χ1n) is 9.20. The van der Waals surface area contributed by atoms with Crippen LogP contribution >= 0.6 is 22.9 Å². The summed E-state index contributed by atoms with van der Waals surface area (Å²) in [5.74, 6) is -0.655. The molecular weight excluding hydrogens is 394 g/mol. The Balaban J connectivity index is 1.72. The molecular formula is C22H22ClNO3S. The Morgan fingerprint density at radius 3 is 2.50 bits per heavy atom. The maximum Gasteiger partial charge on any atom is 0.350 e. The smallest absolute Gasteiger partial charge is 0.350 e. The number of carbonyl (C=O) groups is 2. The fourth-order valence-electron chi connectivity index (χ4n) is 2.91. The van der Waals surface area contributed by atoms with E-state index in [1.807, 2.05) is 48.5 Å². The van der Waals surface area contributed by atoms with Crippen molar-refractivity contribution >= 4 is 50.6 Å². The van der Waals surface area contributed by atoms with Crippen molar-refractivity contribution in [1.29, 1.82) is 0 Å². The number of rotatable bonds is 6. The third-order valence-corrected chi connectivity index (χ3v) is 6.39. The number of hydrogen-bond donors (Lipinski definition) is 1. The molecule has 2 aromatic carbocycles. The quantitative estimate of drug-likeness (QED) is 0.484. The van der Waals surface area contributed by atoms with Crippen LogP contribution in [0, 0.1) is 0 Å². The van der Waals surface area contributed by atoms with Crippen LogP contribution in [0.5, 0.6) is 0 Å². The highest BCUT2D eigenvalue weighted by Gasteiger charge is 2.24. The molecule has 1 aromatic heterocycles. The average Bonchev–Trinajstić information content (AvgIpc) is 3.04. The van der Waals surface area contributed by atoms with Crippen LogP contribution in [0.15, 0.2) is 48.5 Å². The zero-order chi connectivity index (χ0) is 20.3. The molecule has 28 heavy (non-hydrogen) atoms. The molecule has 146 valence electrons. The Morgan fingerprint density at radius 1 is 1.11 bits per heavy atom. The Kier molecular flexibility index (Phi) is 6.37. The first-order valence-corrected chi connectivity index (χ1v) is 10.4. The number of nitrogens with one attached hydrogen (secondary N) is 1. The van der Waals surface area contributed by atoms with E-state index in [9.17, 15) is 9.59 Å². The highest BCUT2D eigenvalue weighted by Crippen LogP contribution is 2.35. The summed E-state index contributed by atoms with van der Waals surface area (Å²) >= 11 is 7.59. The van der Waals surface area contributed by atoms with Crippen LogP contribution < -0.4 is 5.32 Å². The molecule has 6 heteroatoms. The molecule has 0 aliphatic rings. The number of benzene rings is 2. The summed E-state index contributed by atoms with van der Waals surface area (Å²) in [5.41, 5.74) is 1.80.